The third kappa shape index (κ3) is 3.64. The fraction of sp³-hybridized carbons (Fsp3) is 0.600. The van der Waals surface area contributed by atoms with Crippen LogP contribution in [0.3, 0.4) is 0 Å². The standard InChI is InChI=1S/C15H22ClN/c1-11-4-3-5-13(8-11)10-17-15-9-14(16)7-6-12(15)2/h6-7,9,11,13,17H,3-5,8,10H2,1-2H3. The molecule has 0 radical (unpaired) electrons. The SMILES string of the molecule is Cc1ccc(Cl)cc1NCC1CCCC(C)C1. The molecule has 2 unspecified atom stereocenters. The quantitative estimate of drug-likeness (QED) is 0.807. The summed E-state index contributed by atoms with van der Waals surface area (Å²) >= 11 is 6.02. The summed E-state index contributed by atoms with van der Waals surface area (Å²) in [6.07, 6.45) is 5.54. The van der Waals surface area contributed by atoms with Gasteiger partial charge in [0.1, 0.15) is 0 Å². The van der Waals surface area contributed by atoms with Crippen LogP contribution in [0.2, 0.25) is 5.02 Å². The molecule has 2 atom stereocenters. The third-order valence-corrected chi connectivity index (χ3v) is 4.06. The number of anilines is 1. The minimum atomic E-state index is 0.815. The molecule has 1 fully saturated rings. The first-order valence-corrected chi connectivity index (χ1v) is 7.03. The molecule has 1 aromatic rings. The van der Waals surface area contributed by atoms with Gasteiger partial charge in [0.05, 0.1) is 0 Å². The largest absolute Gasteiger partial charge is 0.385 e. The van der Waals surface area contributed by atoms with Gasteiger partial charge < -0.3 is 5.32 Å². The Bertz CT molecular complexity index is 375. The van der Waals surface area contributed by atoms with Gasteiger partial charge in [-0.15, -0.1) is 0 Å². The monoisotopic (exact) mass is 251 g/mol. The molecule has 1 aliphatic rings. The summed E-state index contributed by atoms with van der Waals surface area (Å²) in [4.78, 5) is 0. The maximum absolute atomic E-state index is 6.02. The maximum Gasteiger partial charge on any atom is 0.0426 e. The zero-order chi connectivity index (χ0) is 12.3. The Morgan fingerprint density at radius 2 is 2.18 bits per heavy atom. The van der Waals surface area contributed by atoms with Crippen molar-refractivity contribution in [3.05, 3.63) is 28.8 Å². The van der Waals surface area contributed by atoms with Crippen molar-refractivity contribution in [3.8, 4) is 0 Å². The first-order chi connectivity index (χ1) is 8.15. The van der Waals surface area contributed by atoms with Crippen molar-refractivity contribution < 1.29 is 0 Å². The molecule has 0 heterocycles. The van der Waals surface area contributed by atoms with E-state index in [1.807, 2.05) is 12.1 Å². The zero-order valence-electron chi connectivity index (χ0n) is 10.8. The van der Waals surface area contributed by atoms with Crippen molar-refractivity contribution in [2.75, 3.05) is 11.9 Å². The molecule has 1 nitrogen and oxygen atoms in total. The zero-order valence-corrected chi connectivity index (χ0v) is 11.6. The van der Waals surface area contributed by atoms with Gasteiger partial charge in [-0.3, -0.25) is 0 Å². The fourth-order valence-electron chi connectivity index (χ4n) is 2.78. The average Bonchev–Trinajstić information content (AvgIpc) is 2.30. The minimum Gasteiger partial charge on any atom is -0.385 e. The van der Waals surface area contributed by atoms with Gasteiger partial charge in [-0.25, -0.2) is 0 Å². The second-order valence-corrected chi connectivity index (χ2v) is 5.91. The van der Waals surface area contributed by atoms with Crippen molar-refractivity contribution in [1.29, 1.82) is 0 Å². The third-order valence-electron chi connectivity index (χ3n) is 3.83. The van der Waals surface area contributed by atoms with Crippen molar-refractivity contribution in [2.24, 2.45) is 11.8 Å². The van der Waals surface area contributed by atoms with Crippen LogP contribution in [0.4, 0.5) is 5.69 Å². The number of rotatable bonds is 3. The van der Waals surface area contributed by atoms with Crippen LogP contribution in [0.5, 0.6) is 0 Å². The molecular weight excluding hydrogens is 230 g/mol. The molecule has 17 heavy (non-hydrogen) atoms. The molecule has 0 aliphatic heterocycles. The Morgan fingerprint density at radius 3 is 2.94 bits per heavy atom. The van der Waals surface area contributed by atoms with Crippen LogP contribution < -0.4 is 5.32 Å². The summed E-state index contributed by atoms with van der Waals surface area (Å²) in [5.74, 6) is 1.73. The highest BCUT2D eigenvalue weighted by molar-refractivity contribution is 6.30. The Hall–Kier alpha value is -0.690. The number of aryl methyl sites for hydroxylation is 1. The van der Waals surface area contributed by atoms with Gasteiger partial charge in [-0.05, 0) is 49.3 Å². The smallest absolute Gasteiger partial charge is 0.0426 e. The van der Waals surface area contributed by atoms with Crippen LogP contribution in [-0.4, -0.2) is 6.54 Å². The predicted octanol–water partition coefficient (Wildman–Crippen LogP) is 4.89. The Labute approximate surface area is 110 Å². The lowest BCUT2D eigenvalue weighted by Crippen LogP contribution is -2.21. The molecule has 0 spiro atoms. The highest BCUT2D eigenvalue weighted by Crippen LogP contribution is 2.29. The topological polar surface area (TPSA) is 12.0 Å². The van der Waals surface area contributed by atoms with E-state index in [2.05, 4.69) is 25.2 Å². The van der Waals surface area contributed by atoms with E-state index in [1.165, 1.54) is 36.9 Å². The molecule has 0 bridgehead atoms. The molecular formula is C15H22ClN. The van der Waals surface area contributed by atoms with E-state index in [-0.39, 0.29) is 0 Å². The normalized spacial score (nSPS) is 24.6. The number of benzene rings is 1. The molecule has 0 amide bonds. The lowest BCUT2D eigenvalue weighted by atomic mass is 9.82. The van der Waals surface area contributed by atoms with E-state index in [9.17, 15) is 0 Å². The van der Waals surface area contributed by atoms with Gasteiger partial charge in [-0.2, -0.15) is 0 Å². The van der Waals surface area contributed by atoms with Gasteiger partial charge in [0.2, 0.25) is 0 Å². The molecule has 2 rings (SSSR count). The number of halogens is 1. The molecule has 0 aromatic heterocycles. The Balaban J connectivity index is 1.90. The van der Waals surface area contributed by atoms with E-state index >= 15 is 0 Å². The second kappa shape index (κ2) is 5.77. The molecule has 1 saturated carbocycles. The second-order valence-electron chi connectivity index (χ2n) is 5.48. The predicted molar refractivity (Wildman–Crippen MR) is 75.8 cm³/mol. The molecule has 1 aromatic carbocycles. The van der Waals surface area contributed by atoms with E-state index in [1.54, 1.807) is 0 Å². The Morgan fingerprint density at radius 1 is 1.35 bits per heavy atom. The lowest BCUT2D eigenvalue weighted by Gasteiger charge is -2.27. The van der Waals surface area contributed by atoms with E-state index in [0.29, 0.717) is 0 Å². The molecule has 2 heteroatoms. The summed E-state index contributed by atoms with van der Waals surface area (Å²) < 4.78 is 0. The first kappa shape index (κ1) is 12.8. The number of hydrogen-bond acceptors (Lipinski definition) is 1. The fourth-order valence-corrected chi connectivity index (χ4v) is 2.96. The summed E-state index contributed by atoms with van der Waals surface area (Å²) in [6.45, 7) is 5.59. The molecule has 94 valence electrons. The van der Waals surface area contributed by atoms with Gasteiger partial charge >= 0.3 is 0 Å². The summed E-state index contributed by atoms with van der Waals surface area (Å²) in [7, 11) is 0. The number of nitrogens with one attached hydrogen (secondary N) is 1. The summed E-state index contributed by atoms with van der Waals surface area (Å²) in [5.41, 5.74) is 2.47. The van der Waals surface area contributed by atoms with Crippen LogP contribution in [0.15, 0.2) is 18.2 Å². The number of hydrogen-bond donors (Lipinski definition) is 1. The average molecular weight is 252 g/mol. The molecule has 1 N–H and O–H groups in total. The van der Waals surface area contributed by atoms with Crippen LogP contribution >= 0.6 is 11.6 Å². The summed E-state index contributed by atoms with van der Waals surface area (Å²) in [6, 6.07) is 6.06. The maximum atomic E-state index is 6.02. The van der Waals surface area contributed by atoms with E-state index < -0.39 is 0 Å². The van der Waals surface area contributed by atoms with Crippen LogP contribution in [0.1, 0.15) is 38.2 Å². The molecule has 1 aliphatic carbocycles. The van der Waals surface area contributed by atoms with Crippen LogP contribution in [0.25, 0.3) is 0 Å². The highest BCUT2D eigenvalue weighted by atomic mass is 35.5. The first-order valence-electron chi connectivity index (χ1n) is 6.65. The van der Waals surface area contributed by atoms with Gasteiger partial charge in [0, 0.05) is 17.3 Å². The minimum absolute atomic E-state index is 0.815. The van der Waals surface area contributed by atoms with Crippen molar-refractivity contribution in [2.45, 2.75) is 39.5 Å². The molecule has 0 saturated heterocycles. The van der Waals surface area contributed by atoms with Crippen molar-refractivity contribution in [1.82, 2.24) is 0 Å². The van der Waals surface area contributed by atoms with Crippen LogP contribution in [-0.2, 0) is 0 Å². The van der Waals surface area contributed by atoms with Crippen LogP contribution in [0, 0.1) is 18.8 Å². The van der Waals surface area contributed by atoms with Crippen molar-refractivity contribution in [3.63, 3.8) is 0 Å². The summed E-state index contributed by atoms with van der Waals surface area (Å²) in [5, 5.41) is 4.37. The van der Waals surface area contributed by atoms with E-state index in [0.717, 1.165) is 23.4 Å². The van der Waals surface area contributed by atoms with Gasteiger partial charge in [0.25, 0.3) is 0 Å². The van der Waals surface area contributed by atoms with Gasteiger partial charge in [0.15, 0.2) is 0 Å². The Kier molecular flexibility index (Phi) is 4.33. The highest BCUT2D eigenvalue weighted by Gasteiger charge is 2.18. The van der Waals surface area contributed by atoms with Gasteiger partial charge in [-0.1, -0.05) is 37.4 Å². The van der Waals surface area contributed by atoms with Crippen molar-refractivity contribution >= 4 is 17.3 Å². The van der Waals surface area contributed by atoms with E-state index in [4.69, 9.17) is 11.6 Å². The lowest BCUT2D eigenvalue weighted by molar-refractivity contribution is 0.293.